The molecule has 1 saturated heterocycles. The number of hydrogen-bond acceptors (Lipinski definition) is 6. The average Bonchev–Trinajstić information content (AvgIpc) is 3.09. The van der Waals surface area contributed by atoms with Crippen molar-refractivity contribution < 1.29 is 24.4 Å². The van der Waals surface area contributed by atoms with Crippen LogP contribution in [0, 0.1) is 17.0 Å². The standard InChI is InChI=1S/C25H20N2O6/c1-15-4-3-5-17(14-15)22-21(23(28)16-6-8-19(9-7-16)27(31)32)24(29)25(30)26(22)18-10-12-20(33-2)13-11-18/h3-14,22,28H,1-2H3/b23-21-. The smallest absolute Gasteiger partial charge is 0.300 e. The normalized spacial score (nSPS) is 17.3. The number of nitro benzene ring substituents is 1. The maximum atomic E-state index is 13.1. The zero-order valence-electron chi connectivity index (χ0n) is 17.9. The van der Waals surface area contributed by atoms with Crippen LogP contribution in [-0.2, 0) is 9.59 Å². The van der Waals surface area contributed by atoms with Gasteiger partial charge in [0.2, 0.25) is 0 Å². The molecule has 1 fully saturated rings. The quantitative estimate of drug-likeness (QED) is 0.203. The van der Waals surface area contributed by atoms with Gasteiger partial charge in [-0.25, -0.2) is 0 Å². The minimum atomic E-state index is -0.881. The molecule has 1 aliphatic rings. The number of nitrogens with zero attached hydrogens (tertiary/aromatic N) is 2. The van der Waals surface area contributed by atoms with Gasteiger partial charge in [-0.1, -0.05) is 29.8 Å². The van der Waals surface area contributed by atoms with Gasteiger partial charge in [0.05, 0.1) is 23.6 Å². The van der Waals surface area contributed by atoms with E-state index in [-0.39, 0.29) is 16.8 Å². The van der Waals surface area contributed by atoms with Crippen molar-refractivity contribution in [3.8, 4) is 5.75 Å². The number of aryl methyl sites for hydroxylation is 1. The Bertz CT molecular complexity index is 1280. The van der Waals surface area contributed by atoms with E-state index in [4.69, 9.17) is 4.74 Å². The van der Waals surface area contributed by atoms with Gasteiger partial charge < -0.3 is 9.84 Å². The van der Waals surface area contributed by atoms with Gasteiger partial charge in [0.1, 0.15) is 11.5 Å². The lowest BCUT2D eigenvalue weighted by molar-refractivity contribution is -0.384. The number of aliphatic hydroxyl groups excluding tert-OH is 1. The van der Waals surface area contributed by atoms with Crippen molar-refractivity contribution in [2.75, 3.05) is 12.0 Å². The van der Waals surface area contributed by atoms with Crippen LogP contribution in [0.4, 0.5) is 11.4 Å². The molecule has 1 heterocycles. The summed E-state index contributed by atoms with van der Waals surface area (Å²) < 4.78 is 5.18. The summed E-state index contributed by atoms with van der Waals surface area (Å²) in [7, 11) is 1.53. The molecule has 1 unspecified atom stereocenters. The van der Waals surface area contributed by atoms with Crippen molar-refractivity contribution in [2.45, 2.75) is 13.0 Å². The first-order valence-electron chi connectivity index (χ1n) is 10.1. The first-order valence-corrected chi connectivity index (χ1v) is 10.1. The second kappa shape index (κ2) is 8.58. The van der Waals surface area contributed by atoms with Crippen molar-refractivity contribution in [3.05, 3.63) is 105 Å². The molecule has 0 aromatic heterocycles. The number of aliphatic hydroxyl groups is 1. The van der Waals surface area contributed by atoms with Crippen LogP contribution in [-0.4, -0.2) is 28.8 Å². The Hall–Kier alpha value is -4.46. The topological polar surface area (TPSA) is 110 Å². The number of carbonyl (C=O) groups is 2. The summed E-state index contributed by atoms with van der Waals surface area (Å²) in [5, 5.41) is 22.0. The lowest BCUT2D eigenvalue weighted by Gasteiger charge is -2.25. The van der Waals surface area contributed by atoms with Gasteiger partial charge in [0.15, 0.2) is 0 Å². The zero-order valence-corrected chi connectivity index (χ0v) is 17.9. The maximum Gasteiger partial charge on any atom is 0.300 e. The van der Waals surface area contributed by atoms with Gasteiger partial charge in [0, 0.05) is 23.4 Å². The number of benzene rings is 3. The summed E-state index contributed by atoms with van der Waals surface area (Å²) >= 11 is 0. The fourth-order valence-corrected chi connectivity index (χ4v) is 3.89. The minimum absolute atomic E-state index is 0.0877. The number of Topliss-reactive ketones (excluding diaryl/α,β-unsaturated/α-hetero) is 1. The molecule has 8 heteroatoms. The largest absolute Gasteiger partial charge is 0.507 e. The van der Waals surface area contributed by atoms with E-state index in [1.54, 1.807) is 30.3 Å². The molecule has 166 valence electrons. The van der Waals surface area contributed by atoms with E-state index in [1.165, 1.54) is 36.3 Å². The Kier molecular flexibility index (Phi) is 5.66. The van der Waals surface area contributed by atoms with Gasteiger partial charge in [0.25, 0.3) is 17.4 Å². The molecule has 3 aromatic carbocycles. The van der Waals surface area contributed by atoms with Crippen LogP contribution in [0.3, 0.4) is 0 Å². The van der Waals surface area contributed by atoms with E-state index in [1.807, 2.05) is 25.1 Å². The van der Waals surface area contributed by atoms with Crippen LogP contribution in [0.1, 0.15) is 22.7 Å². The number of hydrogen-bond donors (Lipinski definition) is 1. The summed E-state index contributed by atoms with van der Waals surface area (Å²) in [5.41, 5.74) is 1.99. The summed E-state index contributed by atoms with van der Waals surface area (Å²) in [6.45, 7) is 1.89. The summed E-state index contributed by atoms with van der Waals surface area (Å²) in [6, 6.07) is 18.3. The number of ketones is 1. The molecule has 0 aliphatic carbocycles. The van der Waals surface area contributed by atoms with Crippen LogP contribution in [0.5, 0.6) is 5.75 Å². The molecule has 0 radical (unpaired) electrons. The van der Waals surface area contributed by atoms with E-state index in [2.05, 4.69) is 0 Å². The van der Waals surface area contributed by atoms with E-state index in [0.29, 0.717) is 17.0 Å². The number of nitro groups is 1. The number of ether oxygens (including phenoxy) is 1. The van der Waals surface area contributed by atoms with Crippen molar-refractivity contribution in [1.29, 1.82) is 0 Å². The molecule has 1 atom stereocenters. The molecule has 1 aliphatic heterocycles. The summed E-state index contributed by atoms with van der Waals surface area (Å²) in [5.74, 6) is -1.43. The van der Waals surface area contributed by atoms with Crippen molar-refractivity contribution in [3.63, 3.8) is 0 Å². The third-order valence-corrected chi connectivity index (χ3v) is 5.50. The molecule has 8 nitrogen and oxygen atoms in total. The molecule has 0 bridgehead atoms. The lowest BCUT2D eigenvalue weighted by atomic mass is 9.94. The molecule has 0 spiro atoms. The average molecular weight is 444 g/mol. The molecule has 4 rings (SSSR count). The molecule has 1 N–H and O–H groups in total. The number of rotatable bonds is 5. The number of methoxy groups -OCH3 is 1. The summed E-state index contributed by atoms with van der Waals surface area (Å²) in [4.78, 5) is 38.0. The molecule has 33 heavy (non-hydrogen) atoms. The van der Waals surface area contributed by atoms with Gasteiger partial charge in [-0.15, -0.1) is 0 Å². The molecule has 0 saturated carbocycles. The Balaban J connectivity index is 1.90. The molecule has 1 amide bonds. The van der Waals surface area contributed by atoms with E-state index >= 15 is 0 Å². The molecular weight excluding hydrogens is 424 g/mol. The first-order chi connectivity index (χ1) is 15.8. The van der Waals surface area contributed by atoms with Crippen LogP contribution in [0.25, 0.3) is 5.76 Å². The number of anilines is 1. The van der Waals surface area contributed by atoms with Crippen LogP contribution in [0.15, 0.2) is 78.4 Å². The van der Waals surface area contributed by atoms with Crippen LogP contribution >= 0.6 is 0 Å². The number of non-ortho nitro benzene ring substituents is 1. The summed E-state index contributed by atoms with van der Waals surface area (Å²) in [6.07, 6.45) is 0. The third-order valence-electron chi connectivity index (χ3n) is 5.50. The van der Waals surface area contributed by atoms with E-state index in [0.717, 1.165) is 5.56 Å². The van der Waals surface area contributed by atoms with E-state index < -0.39 is 28.4 Å². The Labute approximate surface area is 189 Å². The highest BCUT2D eigenvalue weighted by molar-refractivity contribution is 6.51. The van der Waals surface area contributed by atoms with E-state index in [9.17, 15) is 24.8 Å². The van der Waals surface area contributed by atoms with Crippen LogP contribution < -0.4 is 9.64 Å². The minimum Gasteiger partial charge on any atom is -0.507 e. The maximum absolute atomic E-state index is 13.1. The number of carbonyl (C=O) groups excluding carboxylic acids is 2. The highest BCUT2D eigenvalue weighted by Crippen LogP contribution is 2.42. The monoisotopic (exact) mass is 444 g/mol. The molecular formula is C25H20N2O6. The molecule has 3 aromatic rings. The van der Waals surface area contributed by atoms with Gasteiger partial charge in [-0.05, 0) is 48.9 Å². The lowest BCUT2D eigenvalue weighted by Crippen LogP contribution is -2.29. The van der Waals surface area contributed by atoms with Crippen LogP contribution in [0.2, 0.25) is 0 Å². The Morgan fingerprint density at radius 2 is 1.70 bits per heavy atom. The predicted molar refractivity (Wildman–Crippen MR) is 122 cm³/mol. The number of amides is 1. The van der Waals surface area contributed by atoms with Gasteiger partial charge in [-0.3, -0.25) is 24.6 Å². The van der Waals surface area contributed by atoms with Crippen molar-refractivity contribution in [1.82, 2.24) is 0 Å². The Morgan fingerprint density at radius 1 is 1.03 bits per heavy atom. The van der Waals surface area contributed by atoms with Gasteiger partial charge in [-0.2, -0.15) is 0 Å². The second-order valence-corrected chi connectivity index (χ2v) is 7.59. The fraction of sp³-hybridized carbons (Fsp3) is 0.120. The van der Waals surface area contributed by atoms with Gasteiger partial charge >= 0.3 is 0 Å². The van der Waals surface area contributed by atoms with Crippen molar-refractivity contribution >= 4 is 28.8 Å². The second-order valence-electron chi connectivity index (χ2n) is 7.59. The highest BCUT2D eigenvalue weighted by Gasteiger charge is 2.47. The SMILES string of the molecule is COc1ccc(N2C(=O)C(=O)/C(=C(\O)c3ccc([N+](=O)[O-])cc3)C2c2cccc(C)c2)cc1. The zero-order chi connectivity index (χ0) is 23.7. The van der Waals surface area contributed by atoms with Crippen molar-refractivity contribution in [2.24, 2.45) is 0 Å². The predicted octanol–water partition coefficient (Wildman–Crippen LogP) is 4.54. The first kappa shape index (κ1) is 21.8. The third kappa shape index (κ3) is 3.94. The highest BCUT2D eigenvalue weighted by atomic mass is 16.6. The fourth-order valence-electron chi connectivity index (χ4n) is 3.89. The Morgan fingerprint density at radius 3 is 2.27 bits per heavy atom.